The molecule has 0 saturated heterocycles. The van der Waals surface area contributed by atoms with E-state index in [0.717, 1.165) is 6.07 Å². The van der Waals surface area contributed by atoms with Crippen LogP contribution in [0.3, 0.4) is 0 Å². The maximum atomic E-state index is 13.5. The third-order valence-electron chi connectivity index (χ3n) is 3.59. The first-order chi connectivity index (χ1) is 11.5. The van der Waals surface area contributed by atoms with Crippen molar-refractivity contribution in [2.75, 3.05) is 6.61 Å². The fraction of sp³-hybridized carbons (Fsp3) is 0.111. The summed E-state index contributed by atoms with van der Waals surface area (Å²) in [6.45, 7) is 1.75. The largest absolute Gasteiger partial charge is 0.462 e. The Morgan fingerprint density at radius 3 is 2.71 bits per heavy atom. The summed E-state index contributed by atoms with van der Waals surface area (Å²) in [7, 11) is 0. The molecule has 0 atom stereocenters. The van der Waals surface area contributed by atoms with Crippen molar-refractivity contribution in [2.45, 2.75) is 6.92 Å². The van der Waals surface area contributed by atoms with Gasteiger partial charge in [0, 0.05) is 21.5 Å². The molecule has 0 radical (unpaired) electrons. The quantitative estimate of drug-likeness (QED) is 0.725. The number of halogens is 2. The van der Waals surface area contributed by atoms with Gasteiger partial charge in [-0.1, -0.05) is 29.8 Å². The second-order valence-corrected chi connectivity index (χ2v) is 5.50. The molecule has 4 nitrogen and oxygen atoms in total. The number of carbonyl (C=O) groups excluding carboxylic acids is 1. The number of fused-ring (bicyclic) bond motifs is 1. The third kappa shape index (κ3) is 2.78. The number of benzene rings is 2. The first-order valence-corrected chi connectivity index (χ1v) is 7.68. The Bertz CT molecular complexity index is 997. The summed E-state index contributed by atoms with van der Waals surface area (Å²) in [5, 5.41) is 0.453. The van der Waals surface area contributed by atoms with Gasteiger partial charge in [0.25, 0.3) is 0 Å². The van der Waals surface area contributed by atoms with Crippen LogP contribution in [0.4, 0.5) is 4.39 Å². The molecule has 6 heteroatoms. The number of aromatic amines is 1. The smallest absolute Gasteiger partial charge is 0.344 e. The molecule has 0 saturated carbocycles. The highest BCUT2D eigenvalue weighted by Crippen LogP contribution is 2.29. The Labute approximate surface area is 141 Å². The van der Waals surface area contributed by atoms with Crippen molar-refractivity contribution in [1.82, 2.24) is 4.98 Å². The predicted octanol–water partition coefficient (Wildman–Crippen LogP) is 4.16. The lowest BCUT2D eigenvalue weighted by atomic mass is 10.0. The van der Waals surface area contributed by atoms with Crippen LogP contribution >= 0.6 is 11.6 Å². The van der Waals surface area contributed by atoms with Gasteiger partial charge < -0.3 is 9.72 Å². The third-order valence-corrected chi connectivity index (χ3v) is 3.92. The topological polar surface area (TPSA) is 59.2 Å². The Hall–Kier alpha value is -2.66. The fourth-order valence-corrected chi connectivity index (χ4v) is 2.75. The van der Waals surface area contributed by atoms with Crippen molar-refractivity contribution in [3.8, 4) is 11.3 Å². The molecule has 1 N–H and O–H groups in total. The lowest BCUT2D eigenvalue weighted by molar-refractivity contribution is 0.0525. The van der Waals surface area contributed by atoms with E-state index in [1.807, 2.05) is 0 Å². The molecule has 0 aliphatic heterocycles. The van der Waals surface area contributed by atoms with Gasteiger partial charge in [0.05, 0.1) is 12.3 Å². The molecule has 2 aromatic carbocycles. The van der Waals surface area contributed by atoms with Crippen LogP contribution in [0.25, 0.3) is 22.2 Å². The zero-order valence-corrected chi connectivity index (χ0v) is 13.5. The van der Waals surface area contributed by atoms with Crippen LogP contribution < -0.4 is 5.43 Å². The number of nitrogens with one attached hydrogen (secondary N) is 1. The lowest BCUT2D eigenvalue weighted by Gasteiger charge is -2.12. The molecule has 24 heavy (non-hydrogen) atoms. The van der Waals surface area contributed by atoms with Crippen LogP contribution in [-0.2, 0) is 4.74 Å². The predicted molar refractivity (Wildman–Crippen MR) is 90.9 cm³/mol. The van der Waals surface area contributed by atoms with Gasteiger partial charge in [-0.15, -0.1) is 0 Å². The zero-order chi connectivity index (χ0) is 17.3. The molecular weight excluding hydrogens is 333 g/mol. The van der Waals surface area contributed by atoms with E-state index >= 15 is 0 Å². The molecule has 0 unspecified atom stereocenters. The van der Waals surface area contributed by atoms with Crippen LogP contribution in [0.15, 0.2) is 47.3 Å². The van der Waals surface area contributed by atoms with E-state index in [2.05, 4.69) is 4.98 Å². The van der Waals surface area contributed by atoms with Crippen LogP contribution in [0.1, 0.15) is 17.3 Å². The highest BCUT2D eigenvalue weighted by molar-refractivity contribution is 6.33. The fourth-order valence-electron chi connectivity index (χ4n) is 2.52. The number of ether oxygens (including phenoxy) is 1. The molecule has 1 aromatic heterocycles. The average molecular weight is 346 g/mol. The van der Waals surface area contributed by atoms with Gasteiger partial charge >= 0.3 is 5.97 Å². The lowest BCUT2D eigenvalue weighted by Crippen LogP contribution is -2.20. The van der Waals surface area contributed by atoms with E-state index in [4.69, 9.17) is 16.3 Å². The summed E-state index contributed by atoms with van der Waals surface area (Å²) in [6.07, 6.45) is 0. The highest BCUT2D eigenvalue weighted by Gasteiger charge is 2.22. The van der Waals surface area contributed by atoms with Crippen molar-refractivity contribution in [1.29, 1.82) is 0 Å². The molecule has 0 bridgehead atoms. The van der Waals surface area contributed by atoms with E-state index in [1.54, 1.807) is 31.2 Å². The summed E-state index contributed by atoms with van der Waals surface area (Å²) in [5.41, 5.74) is 0.359. The number of carbonyl (C=O) groups is 1. The molecule has 0 aliphatic carbocycles. The van der Waals surface area contributed by atoms with E-state index in [0.29, 0.717) is 16.1 Å². The molecular formula is C18H13ClFNO3. The SMILES string of the molecule is CCOC(=O)c1c(-c2ccccc2Cl)[nH]c2ccc(F)cc2c1=O. The van der Waals surface area contributed by atoms with Crippen LogP contribution in [0.5, 0.6) is 0 Å². The van der Waals surface area contributed by atoms with Gasteiger partial charge in [-0.3, -0.25) is 4.79 Å². The summed E-state index contributed by atoms with van der Waals surface area (Å²) < 4.78 is 18.5. The first-order valence-electron chi connectivity index (χ1n) is 7.30. The average Bonchev–Trinajstić information content (AvgIpc) is 2.56. The van der Waals surface area contributed by atoms with Crippen molar-refractivity contribution in [3.05, 3.63) is 69.1 Å². The molecule has 0 amide bonds. The molecule has 0 fully saturated rings. The standard InChI is InChI=1S/C18H13ClFNO3/c1-2-24-18(23)15-16(11-5-3-4-6-13(11)19)21-14-8-7-10(20)9-12(14)17(15)22/h3-9H,2H2,1H3,(H,21,22). The highest BCUT2D eigenvalue weighted by atomic mass is 35.5. The number of H-pyrrole nitrogens is 1. The minimum absolute atomic E-state index is 0.0776. The van der Waals surface area contributed by atoms with Gasteiger partial charge in [0.2, 0.25) is 5.43 Å². The normalized spacial score (nSPS) is 10.8. The summed E-state index contributed by atoms with van der Waals surface area (Å²) >= 11 is 6.21. The molecule has 122 valence electrons. The Morgan fingerprint density at radius 1 is 1.25 bits per heavy atom. The number of aromatic nitrogens is 1. The minimum Gasteiger partial charge on any atom is -0.462 e. The summed E-state index contributed by atoms with van der Waals surface area (Å²) in [6, 6.07) is 10.6. The maximum Gasteiger partial charge on any atom is 0.344 e. The summed E-state index contributed by atoms with van der Waals surface area (Å²) in [5.74, 6) is -1.34. The van der Waals surface area contributed by atoms with Crippen LogP contribution in [0, 0.1) is 5.82 Å². The molecule has 0 spiro atoms. The molecule has 0 aliphatic rings. The number of pyridine rings is 1. The second kappa shape index (κ2) is 6.45. The Kier molecular flexibility index (Phi) is 4.36. The van der Waals surface area contributed by atoms with Crippen molar-refractivity contribution in [2.24, 2.45) is 0 Å². The van der Waals surface area contributed by atoms with E-state index < -0.39 is 17.2 Å². The number of hydrogen-bond acceptors (Lipinski definition) is 3. The minimum atomic E-state index is -0.778. The van der Waals surface area contributed by atoms with Gasteiger partial charge in [-0.25, -0.2) is 9.18 Å². The van der Waals surface area contributed by atoms with E-state index in [9.17, 15) is 14.0 Å². The first kappa shape index (κ1) is 16.2. The number of rotatable bonds is 3. The molecule has 1 heterocycles. The summed E-state index contributed by atoms with van der Waals surface area (Å²) in [4.78, 5) is 28.1. The van der Waals surface area contributed by atoms with Crippen LogP contribution in [-0.4, -0.2) is 17.6 Å². The van der Waals surface area contributed by atoms with Crippen LogP contribution in [0.2, 0.25) is 5.02 Å². The maximum absolute atomic E-state index is 13.5. The van der Waals surface area contributed by atoms with Crippen molar-refractivity contribution >= 4 is 28.5 Å². The molecule has 3 rings (SSSR count). The van der Waals surface area contributed by atoms with Crippen molar-refractivity contribution < 1.29 is 13.9 Å². The zero-order valence-electron chi connectivity index (χ0n) is 12.7. The van der Waals surface area contributed by atoms with Crippen molar-refractivity contribution in [3.63, 3.8) is 0 Å². The molecule has 3 aromatic rings. The number of hydrogen-bond donors (Lipinski definition) is 1. The van der Waals surface area contributed by atoms with Gasteiger partial charge in [0.1, 0.15) is 11.4 Å². The van der Waals surface area contributed by atoms with E-state index in [1.165, 1.54) is 12.1 Å². The Morgan fingerprint density at radius 2 is 2.00 bits per heavy atom. The second-order valence-electron chi connectivity index (χ2n) is 5.09. The Balaban J connectivity index is 2.41. The van der Waals surface area contributed by atoms with Gasteiger partial charge in [-0.2, -0.15) is 0 Å². The van der Waals surface area contributed by atoms with Gasteiger partial charge in [-0.05, 0) is 31.2 Å². The van der Waals surface area contributed by atoms with E-state index in [-0.39, 0.29) is 23.3 Å². The monoisotopic (exact) mass is 345 g/mol. The number of esters is 1. The van der Waals surface area contributed by atoms with Gasteiger partial charge in [0.15, 0.2) is 0 Å².